The molecule has 1 amide bonds. The highest BCUT2D eigenvalue weighted by atomic mass is 32.2. The molecule has 1 aliphatic rings. The summed E-state index contributed by atoms with van der Waals surface area (Å²) in [6.45, 7) is 1.91. The molecule has 1 fully saturated rings. The molecule has 13 heteroatoms. The van der Waals surface area contributed by atoms with Gasteiger partial charge in [0.2, 0.25) is 15.9 Å². The molecule has 1 saturated heterocycles. The Balaban J connectivity index is 1.46. The van der Waals surface area contributed by atoms with Gasteiger partial charge in [-0.3, -0.25) is 25.0 Å². The van der Waals surface area contributed by atoms with Gasteiger partial charge >= 0.3 is 0 Å². The monoisotopic (exact) mass is 463 g/mol. The fourth-order valence-electron chi connectivity index (χ4n) is 3.28. The van der Waals surface area contributed by atoms with Crippen LogP contribution in [0.5, 0.6) is 0 Å². The molecule has 0 bridgehead atoms. The second kappa shape index (κ2) is 9.70. The smallest absolute Gasteiger partial charge is 0.269 e. The summed E-state index contributed by atoms with van der Waals surface area (Å²) in [5, 5.41) is 21.4. The molecule has 0 unspecified atom stereocenters. The number of anilines is 1. The second-order valence-corrected chi connectivity index (χ2v) is 8.81. The third-order valence-corrected chi connectivity index (χ3v) is 6.52. The van der Waals surface area contributed by atoms with E-state index >= 15 is 0 Å². The van der Waals surface area contributed by atoms with Crippen molar-refractivity contribution in [2.24, 2.45) is 0 Å². The molecule has 2 aromatic carbocycles. The molecule has 0 aromatic heterocycles. The van der Waals surface area contributed by atoms with Crippen molar-refractivity contribution in [2.75, 3.05) is 37.6 Å². The summed E-state index contributed by atoms with van der Waals surface area (Å²) in [6.07, 6.45) is -0.0241. The first kappa shape index (κ1) is 23.1. The van der Waals surface area contributed by atoms with Gasteiger partial charge in [-0.25, -0.2) is 13.1 Å². The van der Waals surface area contributed by atoms with E-state index in [1.807, 2.05) is 4.90 Å². The van der Waals surface area contributed by atoms with Gasteiger partial charge in [-0.15, -0.1) is 0 Å². The zero-order valence-corrected chi connectivity index (χ0v) is 17.7. The molecule has 1 N–H and O–H groups in total. The number of rotatable bonds is 8. The highest BCUT2D eigenvalue weighted by Gasteiger charge is 2.22. The minimum Gasteiger partial charge on any atom is -0.368 e. The summed E-state index contributed by atoms with van der Waals surface area (Å²) in [6, 6.07) is 10.7. The van der Waals surface area contributed by atoms with Crippen LogP contribution in [0.2, 0.25) is 0 Å². The van der Waals surface area contributed by atoms with Gasteiger partial charge in [0.25, 0.3) is 11.4 Å². The van der Waals surface area contributed by atoms with Crippen molar-refractivity contribution in [3.63, 3.8) is 0 Å². The number of carbonyl (C=O) groups excluding carboxylic acids is 1. The number of piperazine rings is 1. The molecule has 0 spiro atoms. The predicted octanol–water partition coefficient (Wildman–Crippen LogP) is 1.52. The van der Waals surface area contributed by atoms with Gasteiger partial charge in [-0.2, -0.15) is 0 Å². The van der Waals surface area contributed by atoms with Crippen molar-refractivity contribution >= 4 is 33.0 Å². The van der Waals surface area contributed by atoms with Crippen LogP contribution >= 0.6 is 0 Å². The van der Waals surface area contributed by atoms with Gasteiger partial charge in [-0.05, 0) is 24.3 Å². The number of hydrogen-bond donors (Lipinski definition) is 1. The van der Waals surface area contributed by atoms with Crippen LogP contribution in [0, 0.1) is 20.2 Å². The molecule has 3 rings (SSSR count). The summed E-state index contributed by atoms with van der Waals surface area (Å²) < 4.78 is 26.9. The molecular formula is C19H21N5O7S. The molecular weight excluding hydrogens is 442 g/mol. The maximum atomic E-state index is 12.4. The van der Waals surface area contributed by atoms with E-state index in [0.717, 1.165) is 30.0 Å². The van der Waals surface area contributed by atoms with Crippen LogP contribution in [-0.4, -0.2) is 61.8 Å². The Morgan fingerprint density at radius 2 is 1.38 bits per heavy atom. The van der Waals surface area contributed by atoms with Crippen LogP contribution in [0.4, 0.5) is 17.1 Å². The fourth-order valence-corrected chi connectivity index (χ4v) is 4.31. The molecule has 1 heterocycles. The predicted molar refractivity (Wildman–Crippen MR) is 115 cm³/mol. The summed E-state index contributed by atoms with van der Waals surface area (Å²) in [4.78, 5) is 36.3. The number of hydrogen-bond acceptors (Lipinski definition) is 8. The number of sulfonamides is 1. The van der Waals surface area contributed by atoms with E-state index in [2.05, 4.69) is 4.72 Å². The number of nitrogens with one attached hydrogen (secondary N) is 1. The standard InChI is InChI=1S/C19H21N5O7S/c25-19(9-10-20-32(30,31)18-7-5-17(6-8-18)24(28)29)22-13-11-21(12-14-22)15-1-3-16(4-2-15)23(26)27/h1-8,20H,9-14H2. The third kappa shape index (κ3) is 5.56. The highest BCUT2D eigenvalue weighted by Crippen LogP contribution is 2.21. The largest absolute Gasteiger partial charge is 0.368 e. The molecule has 0 atom stereocenters. The molecule has 0 saturated carbocycles. The van der Waals surface area contributed by atoms with Crippen molar-refractivity contribution in [1.82, 2.24) is 9.62 Å². The van der Waals surface area contributed by atoms with Crippen LogP contribution in [-0.2, 0) is 14.8 Å². The Morgan fingerprint density at radius 3 is 1.88 bits per heavy atom. The van der Waals surface area contributed by atoms with Crippen LogP contribution < -0.4 is 9.62 Å². The van der Waals surface area contributed by atoms with E-state index in [0.29, 0.717) is 26.2 Å². The Bertz CT molecular complexity index is 1100. The lowest BCUT2D eigenvalue weighted by Gasteiger charge is -2.36. The van der Waals surface area contributed by atoms with Crippen LogP contribution in [0.3, 0.4) is 0 Å². The molecule has 170 valence electrons. The number of non-ortho nitro benzene ring substituents is 2. The Morgan fingerprint density at radius 1 is 0.875 bits per heavy atom. The zero-order valence-electron chi connectivity index (χ0n) is 16.9. The maximum absolute atomic E-state index is 12.4. The van der Waals surface area contributed by atoms with Crippen molar-refractivity contribution in [1.29, 1.82) is 0 Å². The van der Waals surface area contributed by atoms with Crippen molar-refractivity contribution in [2.45, 2.75) is 11.3 Å². The van der Waals surface area contributed by atoms with E-state index in [4.69, 9.17) is 0 Å². The Labute approximate surface area is 183 Å². The van der Waals surface area contributed by atoms with Gasteiger partial charge in [-0.1, -0.05) is 0 Å². The molecule has 0 radical (unpaired) electrons. The quantitative estimate of drug-likeness (QED) is 0.456. The highest BCUT2D eigenvalue weighted by molar-refractivity contribution is 7.89. The molecule has 12 nitrogen and oxygen atoms in total. The maximum Gasteiger partial charge on any atom is 0.269 e. The lowest BCUT2D eigenvalue weighted by molar-refractivity contribution is -0.385. The van der Waals surface area contributed by atoms with E-state index in [1.54, 1.807) is 17.0 Å². The van der Waals surface area contributed by atoms with Crippen molar-refractivity contribution in [3.8, 4) is 0 Å². The topological polar surface area (TPSA) is 156 Å². The number of nitrogens with zero attached hydrogens (tertiary/aromatic N) is 4. The van der Waals surface area contributed by atoms with Crippen LogP contribution in [0.1, 0.15) is 6.42 Å². The first-order valence-corrected chi connectivity index (χ1v) is 11.2. The SMILES string of the molecule is O=C(CCNS(=O)(=O)c1ccc([N+](=O)[O-])cc1)N1CCN(c2ccc([N+](=O)[O-])cc2)CC1. The average molecular weight is 463 g/mol. The molecule has 1 aliphatic heterocycles. The number of amides is 1. The van der Waals surface area contributed by atoms with Gasteiger partial charge < -0.3 is 9.80 Å². The molecule has 0 aliphatic carbocycles. The minimum atomic E-state index is -3.88. The number of benzene rings is 2. The van der Waals surface area contributed by atoms with E-state index in [-0.39, 0.29) is 35.1 Å². The third-order valence-electron chi connectivity index (χ3n) is 5.05. The van der Waals surface area contributed by atoms with Crippen LogP contribution in [0.25, 0.3) is 0 Å². The van der Waals surface area contributed by atoms with E-state index < -0.39 is 19.9 Å². The average Bonchev–Trinajstić information content (AvgIpc) is 2.79. The van der Waals surface area contributed by atoms with Crippen molar-refractivity contribution in [3.05, 3.63) is 68.8 Å². The van der Waals surface area contributed by atoms with Gasteiger partial charge in [0.15, 0.2) is 0 Å². The van der Waals surface area contributed by atoms with Crippen LogP contribution in [0.15, 0.2) is 53.4 Å². The number of carbonyl (C=O) groups is 1. The first-order chi connectivity index (χ1) is 15.2. The van der Waals surface area contributed by atoms with Gasteiger partial charge in [0.1, 0.15) is 0 Å². The zero-order chi connectivity index (χ0) is 23.3. The molecule has 2 aromatic rings. The fraction of sp³-hybridized carbons (Fsp3) is 0.316. The Hall–Kier alpha value is -3.58. The lowest BCUT2D eigenvalue weighted by Crippen LogP contribution is -2.49. The van der Waals surface area contributed by atoms with Crippen molar-refractivity contribution < 1.29 is 23.1 Å². The van der Waals surface area contributed by atoms with Gasteiger partial charge in [0.05, 0.1) is 14.7 Å². The summed E-state index contributed by atoms with van der Waals surface area (Å²) in [5.74, 6) is -0.195. The summed E-state index contributed by atoms with van der Waals surface area (Å²) >= 11 is 0. The lowest BCUT2D eigenvalue weighted by atomic mass is 10.2. The minimum absolute atomic E-state index is 0.0127. The number of nitro benzene ring substituents is 2. The first-order valence-electron chi connectivity index (χ1n) is 9.69. The summed E-state index contributed by atoms with van der Waals surface area (Å²) in [5.41, 5.74) is 0.629. The van der Waals surface area contributed by atoms with Gasteiger partial charge in [0, 0.05) is 69.1 Å². The molecule has 32 heavy (non-hydrogen) atoms. The Kier molecular flexibility index (Phi) is 7.00. The van der Waals surface area contributed by atoms with E-state index in [1.165, 1.54) is 12.1 Å². The summed E-state index contributed by atoms with van der Waals surface area (Å²) in [7, 11) is -3.88. The second-order valence-electron chi connectivity index (χ2n) is 7.04. The normalized spacial score (nSPS) is 14.2. The van der Waals surface area contributed by atoms with E-state index in [9.17, 15) is 33.4 Å². The number of nitro groups is 2.